The Hall–Kier alpha value is -1.44. The predicted octanol–water partition coefficient (Wildman–Crippen LogP) is 0.104. The van der Waals surface area contributed by atoms with Crippen LogP contribution in [0.25, 0.3) is 0 Å². The molecule has 0 aliphatic heterocycles. The van der Waals surface area contributed by atoms with Crippen molar-refractivity contribution in [2.45, 2.75) is 24.0 Å². The molecule has 0 radical (unpaired) electrons. The second kappa shape index (κ2) is 6.34. The van der Waals surface area contributed by atoms with Crippen molar-refractivity contribution in [3.05, 3.63) is 29.8 Å². The van der Waals surface area contributed by atoms with Gasteiger partial charge in [-0.1, -0.05) is 12.1 Å². The highest BCUT2D eigenvalue weighted by atomic mass is 32.2. The van der Waals surface area contributed by atoms with E-state index in [2.05, 4.69) is 10.1 Å². The fourth-order valence-corrected chi connectivity index (χ4v) is 2.23. The molecule has 6 nitrogen and oxygen atoms in total. The Kier molecular flexibility index (Phi) is 5.27. The zero-order valence-electron chi connectivity index (χ0n) is 11.7. The second-order valence-corrected chi connectivity index (χ2v) is 6.80. The van der Waals surface area contributed by atoms with Gasteiger partial charge in [0.15, 0.2) is 15.4 Å². The van der Waals surface area contributed by atoms with Crippen LogP contribution in [0.3, 0.4) is 0 Å². The number of carbonyl (C=O) groups is 1. The first-order chi connectivity index (χ1) is 9.16. The molecule has 7 heteroatoms. The number of rotatable bonds is 6. The average Bonchev–Trinajstić information content (AvgIpc) is 2.37. The van der Waals surface area contributed by atoms with Gasteiger partial charge in [0.05, 0.1) is 12.0 Å². The molecule has 0 fully saturated rings. The third kappa shape index (κ3) is 4.59. The maximum absolute atomic E-state index is 11.3. The third-order valence-corrected chi connectivity index (χ3v) is 3.90. The van der Waals surface area contributed by atoms with Crippen molar-refractivity contribution < 1.29 is 23.1 Å². The van der Waals surface area contributed by atoms with Crippen molar-refractivity contribution in [1.82, 2.24) is 5.32 Å². The Balaban J connectivity index is 2.57. The number of ether oxygens (including phenoxy) is 1. The summed E-state index contributed by atoms with van der Waals surface area (Å²) in [5, 5.41) is 12.7. The number of carbonyl (C=O) groups excluding carboxylic acids is 1. The highest BCUT2D eigenvalue weighted by molar-refractivity contribution is 7.90. The molecule has 20 heavy (non-hydrogen) atoms. The first-order valence-electron chi connectivity index (χ1n) is 5.97. The number of methoxy groups -OCH3 is 1. The van der Waals surface area contributed by atoms with Gasteiger partial charge in [-0.25, -0.2) is 13.2 Å². The van der Waals surface area contributed by atoms with Crippen LogP contribution in [0.1, 0.15) is 12.5 Å². The maximum Gasteiger partial charge on any atom is 0.338 e. The summed E-state index contributed by atoms with van der Waals surface area (Å²) in [5.74, 6) is -0.711. The molecule has 0 heterocycles. The van der Waals surface area contributed by atoms with E-state index in [1.165, 1.54) is 26.2 Å². The second-order valence-electron chi connectivity index (χ2n) is 4.79. The van der Waals surface area contributed by atoms with Gasteiger partial charge in [-0.05, 0) is 24.6 Å². The summed E-state index contributed by atoms with van der Waals surface area (Å²) < 4.78 is 27.1. The van der Waals surface area contributed by atoms with Gasteiger partial charge in [0.2, 0.25) is 0 Å². The molecule has 1 atom stereocenters. The molecule has 0 aliphatic carbocycles. The van der Waals surface area contributed by atoms with E-state index in [1.807, 2.05) is 0 Å². The molecule has 0 bridgehead atoms. The molecule has 0 saturated carbocycles. The van der Waals surface area contributed by atoms with Gasteiger partial charge in [0.25, 0.3) is 0 Å². The van der Waals surface area contributed by atoms with Gasteiger partial charge in [-0.3, -0.25) is 0 Å². The number of hydrogen-bond acceptors (Lipinski definition) is 6. The first kappa shape index (κ1) is 16.6. The van der Waals surface area contributed by atoms with E-state index >= 15 is 0 Å². The van der Waals surface area contributed by atoms with Crippen LogP contribution in [0.15, 0.2) is 29.2 Å². The van der Waals surface area contributed by atoms with E-state index in [1.54, 1.807) is 12.1 Å². The van der Waals surface area contributed by atoms with Gasteiger partial charge in [-0.2, -0.15) is 0 Å². The number of esters is 1. The fraction of sp³-hybridized carbons (Fsp3) is 0.462. The molecule has 0 saturated heterocycles. The van der Waals surface area contributed by atoms with E-state index in [0.29, 0.717) is 6.54 Å². The standard InChI is InChI=1S/C13H19NO5S/c1-13(16,12(15)19-2)9-14-8-10-4-6-11(7-5-10)20(3,17)18/h4-7,14,16H,8-9H2,1-3H3. The predicted molar refractivity (Wildman–Crippen MR) is 73.9 cm³/mol. The molecule has 0 amide bonds. The highest BCUT2D eigenvalue weighted by Gasteiger charge is 2.30. The Bertz CT molecular complexity index is 563. The third-order valence-electron chi connectivity index (χ3n) is 2.77. The quantitative estimate of drug-likeness (QED) is 0.724. The van der Waals surface area contributed by atoms with Gasteiger partial charge in [0, 0.05) is 19.3 Å². The Labute approximate surface area is 118 Å². The van der Waals surface area contributed by atoms with Crippen LogP contribution in [-0.4, -0.2) is 45.0 Å². The summed E-state index contributed by atoms with van der Waals surface area (Å²) in [6, 6.07) is 6.39. The summed E-state index contributed by atoms with van der Waals surface area (Å²) in [6.07, 6.45) is 1.15. The summed E-state index contributed by atoms with van der Waals surface area (Å²) in [6.45, 7) is 1.79. The van der Waals surface area contributed by atoms with Crippen LogP contribution in [0.2, 0.25) is 0 Å². The van der Waals surface area contributed by atoms with Crippen LogP contribution >= 0.6 is 0 Å². The zero-order valence-corrected chi connectivity index (χ0v) is 12.5. The molecular formula is C13H19NO5S. The smallest absolute Gasteiger partial charge is 0.338 e. The van der Waals surface area contributed by atoms with E-state index in [9.17, 15) is 18.3 Å². The average molecular weight is 301 g/mol. The van der Waals surface area contributed by atoms with E-state index in [-0.39, 0.29) is 11.4 Å². The number of hydrogen-bond donors (Lipinski definition) is 2. The fourth-order valence-electron chi connectivity index (χ4n) is 1.60. The van der Waals surface area contributed by atoms with Crippen LogP contribution in [-0.2, 0) is 25.9 Å². The van der Waals surface area contributed by atoms with Crippen LogP contribution in [0, 0.1) is 0 Å². The van der Waals surface area contributed by atoms with Crippen molar-refractivity contribution in [2.24, 2.45) is 0 Å². The molecule has 1 unspecified atom stereocenters. The van der Waals surface area contributed by atoms with Crippen LogP contribution < -0.4 is 5.32 Å². The van der Waals surface area contributed by atoms with Crippen molar-refractivity contribution in [1.29, 1.82) is 0 Å². The molecule has 0 aliphatic rings. The molecule has 0 spiro atoms. The van der Waals surface area contributed by atoms with Crippen molar-refractivity contribution >= 4 is 15.8 Å². The number of aliphatic hydroxyl groups is 1. The highest BCUT2D eigenvalue weighted by Crippen LogP contribution is 2.10. The summed E-state index contributed by atoms with van der Waals surface area (Å²) in [5.41, 5.74) is -0.750. The SMILES string of the molecule is COC(=O)C(C)(O)CNCc1ccc(S(C)(=O)=O)cc1. The van der Waals surface area contributed by atoms with E-state index < -0.39 is 21.4 Å². The minimum absolute atomic E-state index is 0.0352. The van der Waals surface area contributed by atoms with Crippen LogP contribution in [0.4, 0.5) is 0 Å². The molecule has 2 N–H and O–H groups in total. The zero-order chi connectivity index (χ0) is 15.4. The summed E-state index contributed by atoms with van der Waals surface area (Å²) >= 11 is 0. The molecule has 1 aromatic carbocycles. The largest absolute Gasteiger partial charge is 0.467 e. The molecule has 112 valence electrons. The lowest BCUT2D eigenvalue weighted by molar-refractivity contribution is -0.159. The lowest BCUT2D eigenvalue weighted by atomic mass is 10.1. The maximum atomic E-state index is 11.3. The lowest BCUT2D eigenvalue weighted by Crippen LogP contribution is -2.45. The molecule has 1 rings (SSSR count). The van der Waals surface area contributed by atoms with Crippen molar-refractivity contribution in [2.75, 3.05) is 19.9 Å². The Morgan fingerprint density at radius 2 is 1.90 bits per heavy atom. The van der Waals surface area contributed by atoms with E-state index in [0.717, 1.165) is 11.8 Å². The van der Waals surface area contributed by atoms with Gasteiger partial charge in [-0.15, -0.1) is 0 Å². The lowest BCUT2D eigenvalue weighted by Gasteiger charge is -2.20. The number of nitrogens with one attached hydrogen (secondary N) is 1. The molecular weight excluding hydrogens is 282 g/mol. The van der Waals surface area contributed by atoms with Gasteiger partial charge in [0.1, 0.15) is 0 Å². The van der Waals surface area contributed by atoms with Crippen molar-refractivity contribution in [3.63, 3.8) is 0 Å². The number of sulfone groups is 1. The van der Waals surface area contributed by atoms with E-state index in [4.69, 9.17) is 0 Å². The topological polar surface area (TPSA) is 92.7 Å². The summed E-state index contributed by atoms with van der Waals surface area (Å²) in [7, 11) is -1.99. The number of benzene rings is 1. The normalized spacial score (nSPS) is 14.6. The van der Waals surface area contributed by atoms with Gasteiger partial charge >= 0.3 is 5.97 Å². The minimum atomic E-state index is -3.20. The van der Waals surface area contributed by atoms with Crippen molar-refractivity contribution in [3.8, 4) is 0 Å². The Morgan fingerprint density at radius 1 is 1.35 bits per heavy atom. The van der Waals surface area contributed by atoms with Crippen LogP contribution in [0.5, 0.6) is 0 Å². The Morgan fingerprint density at radius 3 is 2.35 bits per heavy atom. The minimum Gasteiger partial charge on any atom is -0.467 e. The molecule has 1 aromatic rings. The summed E-state index contributed by atoms with van der Waals surface area (Å²) in [4.78, 5) is 11.5. The monoisotopic (exact) mass is 301 g/mol. The molecule has 0 aromatic heterocycles. The first-order valence-corrected chi connectivity index (χ1v) is 7.86. The van der Waals surface area contributed by atoms with Gasteiger partial charge < -0.3 is 15.2 Å².